The highest BCUT2D eigenvalue weighted by atomic mass is 16.6. The molecule has 1 N–H and O–H groups in total. The first kappa shape index (κ1) is 16.5. The SMILES string of the molecule is O=[N+]([O-])c1cccc(-c2nc(/C=N/Nc3ccccc3)c3ccccn23)c1. The van der Waals surface area contributed by atoms with Gasteiger partial charge in [-0.25, -0.2) is 4.98 Å². The fraction of sp³-hybridized carbons (Fsp3) is 0. The number of benzene rings is 2. The number of pyridine rings is 1. The van der Waals surface area contributed by atoms with Gasteiger partial charge < -0.3 is 0 Å². The van der Waals surface area contributed by atoms with E-state index >= 15 is 0 Å². The van der Waals surface area contributed by atoms with Gasteiger partial charge in [0.15, 0.2) is 0 Å². The lowest BCUT2D eigenvalue weighted by Gasteiger charge is -2.01. The predicted molar refractivity (Wildman–Crippen MR) is 105 cm³/mol. The summed E-state index contributed by atoms with van der Waals surface area (Å²) in [5.41, 5.74) is 6.06. The van der Waals surface area contributed by atoms with Crippen LogP contribution < -0.4 is 5.43 Å². The van der Waals surface area contributed by atoms with E-state index in [0.717, 1.165) is 11.2 Å². The fourth-order valence-electron chi connectivity index (χ4n) is 2.80. The Hall–Kier alpha value is -4.00. The molecule has 2 aromatic heterocycles. The van der Waals surface area contributed by atoms with Crippen molar-refractivity contribution in [2.45, 2.75) is 0 Å². The Balaban J connectivity index is 1.73. The van der Waals surface area contributed by atoms with Crippen molar-refractivity contribution >= 4 is 23.1 Å². The van der Waals surface area contributed by atoms with Crippen LogP contribution in [0.1, 0.15) is 5.69 Å². The summed E-state index contributed by atoms with van der Waals surface area (Å²) in [6.45, 7) is 0. The van der Waals surface area contributed by atoms with Crippen molar-refractivity contribution in [1.29, 1.82) is 0 Å². The molecule has 132 valence electrons. The van der Waals surface area contributed by atoms with Crippen LogP contribution in [-0.2, 0) is 0 Å². The monoisotopic (exact) mass is 357 g/mol. The molecular weight excluding hydrogens is 342 g/mol. The normalized spacial score (nSPS) is 11.1. The van der Waals surface area contributed by atoms with E-state index in [2.05, 4.69) is 15.5 Å². The van der Waals surface area contributed by atoms with Crippen LogP contribution >= 0.6 is 0 Å². The molecule has 4 rings (SSSR count). The molecule has 0 unspecified atom stereocenters. The molecule has 2 heterocycles. The number of imidazole rings is 1. The van der Waals surface area contributed by atoms with Crippen molar-refractivity contribution in [3.63, 3.8) is 0 Å². The van der Waals surface area contributed by atoms with Crippen molar-refractivity contribution in [2.75, 3.05) is 5.43 Å². The Morgan fingerprint density at radius 1 is 1.04 bits per heavy atom. The minimum absolute atomic E-state index is 0.0288. The number of anilines is 1. The quantitative estimate of drug-likeness (QED) is 0.327. The van der Waals surface area contributed by atoms with Crippen molar-refractivity contribution in [3.8, 4) is 11.4 Å². The number of non-ortho nitro benzene ring substituents is 1. The van der Waals surface area contributed by atoms with Crippen LogP contribution in [0.25, 0.3) is 16.9 Å². The summed E-state index contributed by atoms with van der Waals surface area (Å²) in [5, 5.41) is 15.3. The van der Waals surface area contributed by atoms with Gasteiger partial charge in [-0.2, -0.15) is 5.10 Å². The lowest BCUT2D eigenvalue weighted by Crippen LogP contribution is -1.91. The first-order valence-corrected chi connectivity index (χ1v) is 8.28. The van der Waals surface area contributed by atoms with Crippen LogP contribution in [0, 0.1) is 10.1 Å². The molecule has 0 amide bonds. The number of nitrogens with zero attached hydrogens (tertiary/aromatic N) is 4. The highest BCUT2D eigenvalue weighted by Gasteiger charge is 2.14. The number of hydrogen-bond donors (Lipinski definition) is 1. The largest absolute Gasteiger partial charge is 0.299 e. The first-order valence-electron chi connectivity index (χ1n) is 8.28. The second kappa shape index (κ2) is 7.09. The Labute approximate surface area is 154 Å². The molecule has 4 aromatic rings. The van der Waals surface area contributed by atoms with Crippen LogP contribution in [0.5, 0.6) is 0 Å². The second-order valence-corrected chi connectivity index (χ2v) is 5.82. The van der Waals surface area contributed by atoms with Crippen LogP contribution in [0.15, 0.2) is 84.1 Å². The number of para-hydroxylation sites is 1. The topological polar surface area (TPSA) is 84.8 Å². The van der Waals surface area contributed by atoms with E-state index in [-0.39, 0.29) is 5.69 Å². The van der Waals surface area contributed by atoms with Gasteiger partial charge in [0.1, 0.15) is 11.5 Å². The molecule has 0 bridgehead atoms. The number of fused-ring (bicyclic) bond motifs is 1. The highest BCUT2D eigenvalue weighted by Crippen LogP contribution is 2.25. The maximum atomic E-state index is 11.1. The molecule has 27 heavy (non-hydrogen) atoms. The van der Waals surface area contributed by atoms with Crippen LogP contribution in [0.3, 0.4) is 0 Å². The van der Waals surface area contributed by atoms with Gasteiger partial charge in [0.05, 0.1) is 22.3 Å². The minimum atomic E-state index is -0.411. The standard InChI is InChI=1S/C20H15N5O2/c26-25(27)17-10-6-7-15(13-17)20-22-18(19-11-4-5-12-24(19)20)14-21-23-16-8-2-1-3-9-16/h1-14,23H/b21-14+. The predicted octanol–water partition coefficient (Wildman–Crippen LogP) is 4.36. The van der Waals surface area contributed by atoms with Crippen LogP contribution in [-0.4, -0.2) is 20.5 Å². The maximum absolute atomic E-state index is 11.1. The number of rotatable bonds is 5. The van der Waals surface area contributed by atoms with Gasteiger partial charge in [0.2, 0.25) is 0 Å². The van der Waals surface area contributed by atoms with Gasteiger partial charge >= 0.3 is 0 Å². The van der Waals surface area contributed by atoms with Crippen molar-refractivity contribution in [1.82, 2.24) is 9.38 Å². The molecule has 0 saturated heterocycles. The van der Waals surface area contributed by atoms with E-state index < -0.39 is 4.92 Å². The third-order valence-electron chi connectivity index (χ3n) is 4.05. The molecule has 0 radical (unpaired) electrons. The molecule has 0 aliphatic rings. The van der Waals surface area contributed by atoms with Gasteiger partial charge in [-0.3, -0.25) is 19.9 Å². The number of hydrogen-bond acceptors (Lipinski definition) is 5. The smallest absolute Gasteiger partial charge is 0.270 e. The van der Waals surface area contributed by atoms with E-state index in [1.165, 1.54) is 12.1 Å². The zero-order chi connectivity index (χ0) is 18.6. The lowest BCUT2D eigenvalue weighted by atomic mass is 10.2. The molecular formula is C20H15N5O2. The average molecular weight is 357 g/mol. The van der Waals surface area contributed by atoms with Gasteiger partial charge in [-0.15, -0.1) is 0 Å². The van der Waals surface area contributed by atoms with Crippen molar-refractivity contribution < 1.29 is 4.92 Å². The minimum Gasteiger partial charge on any atom is -0.299 e. The fourth-order valence-corrected chi connectivity index (χ4v) is 2.80. The summed E-state index contributed by atoms with van der Waals surface area (Å²) in [5.74, 6) is 0.621. The molecule has 0 spiro atoms. The Morgan fingerprint density at radius 3 is 2.67 bits per heavy atom. The van der Waals surface area contributed by atoms with Crippen molar-refractivity contribution in [3.05, 3.63) is 94.8 Å². The van der Waals surface area contributed by atoms with E-state index in [4.69, 9.17) is 0 Å². The summed E-state index contributed by atoms with van der Waals surface area (Å²) in [7, 11) is 0. The van der Waals surface area contributed by atoms with E-state index in [9.17, 15) is 10.1 Å². The molecule has 0 saturated carbocycles. The molecule has 0 fully saturated rings. The van der Waals surface area contributed by atoms with E-state index in [1.807, 2.05) is 59.1 Å². The summed E-state index contributed by atoms with van der Waals surface area (Å²) in [6, 6.07) is 21.8. The molecule has 0 atom stereocenters. The lowest BCUT2D eigenvalue weighted by molar-refractivity contribution is -0.384. The highest BCUT2D eigenvalue weighted by molar-refractivity contribution is 5.89. The number of nitrogens with one attached hydrogen (secondary N) is 1. The first-order chi connectivity index (χ1) is 13.2. The van der Waals surface area contributed by atoms with Gasteiger partial charge in [-0.05, 0) is 24.3 Å². The molecule has 0 aliphatic carbocycles. The van der Waals surface area contributed by atoms with Crippen LogP contribution in [0.2, 0.25) is 0 Å². The molecule has 7 heteroatoms. The van der Waals surface area contributed by atoms with Gasteiger partial charge in [0, 0.05) is 23.9 Å². The Bertz CT molecular complexity index is 1140. The zero-order valence-electron chi connectivity index (χ0n) is 14.2. The summed E-state index contributed by atoms with van der Waals surface area (Å²) >= 11 is 0. The maximum Gasteiger partial charge on any atom is 0.270 e. The average Bonchev–Trinajstić information content (AvgIpc) is 3.08. The third kappa shape index (κ3) is 3.38. The Kier molecular flexibility index (Phi) is 4.32. The third-order valence-corrected chi connectivity index (χ3v) is 4.05. The number of aromatic nitrogens is 2. The summed E-state index contributed by atoms with van der Waals surface area (Å²) in [6.07, 6.45) is 3.52. The zero-order valence-corrected chi connectivity index (χ0v) is 14.2. The number of nitro benzene ring substituents is 1. The summed E-state index contributed by atoms with van der Waals surface area (Å²) in [4.78, 5) is 15.3. The molecule has 7 nitrogen and oxygen atoms in total. The van der Waals surface area contributed by atoms with Crippen molar-refractivity contribution in [2.24, 2.45) is 5.10 Å². The number of nitro groups is 1. The van der Waals surface area contributed by atoms with Gasteiger partial charge in [0.25, 0.3) is 5.69 Å². The molecule has 2 aromatic carbocycles. The van der Waals surface area contributed by atoms with E-state index in [1.54, 1.807) is 18.3 Å². The summed E-state index contributed by atoms with van der Waals surface area (Å²) < 4.78 is 1.89. The number of hydrazone groups is 1. The van der Waals surface area contributed by atoms with Crippen LogP contribution in [0.4, 0.5) is 11.4 Å². The molecule has 0 aliphatic heterocycles. The second-order valence-electron chi connectivity index (χ2n) is 5.82. The van der Waals surface area contributed by atoms with Gasteiger partial charge in [-0.1, -0.05) is 36.4 Å². The Morgan fingerprint density at radius 2 is 1.85 bits per heavy atom. The van der Waals surface area contributed by atoms with E-state index in [0.29, 0.717) is 17.1 Å².